The van der Waals surface area contributed by atoms with E-state index in [1.807, 2.05) is 18.2 Å². The topological polar surface area (TPSA) is 63.4 Å². The summed E-state index contributed by atoms with van der Waals surface area (Å²) in [5.41, 5.74) is 3.55. The normalized spacial score (nSPS) is 17.5. The van der Waals surface area contributed by atoms with E-state index in [1.54, 1.807) is 12.3 Å². The van der Waals surface area contributed by atoms with Gasteiger partial charge in [-0.1, -0.05) is 17.7 Å². The van der Waals surface area contributed by atoms with Crippen LogP contribution in [-0.2, 0) is 0 Å². The van der Waals surface area contributed by atoms with Crippen molar-refractivity contribution in [3.8, 4) is 22.9 Å². The number of phenolic OH excluding ortho intramolecular Hbond substituents is 1. The third-order valence-electron chi connectivity index (χ3n) is 6.96. The molecular formula is C26H26ClFN4O. The lowest BCUT2D eigenvalue weighted by molar-refractivity contribution is 0.249. The van der Waals surface area contributed by atoms with Crippen LogP contribution in [0.2, 0.25) is 5.02 Å². The first kappa shape index (κ1) is 21.9. The standard InChI is InChI=1S/C26H26ClFN4O/c27-22-12-19(13-23(28)26(22)33)18-3-4-24-21(11-18)25(20(14-29)15-30-24)32-9-5-17(6-10-32)16-31-7-1-2-8-31/h3-4,11-13,15,17,33H,1-2,5-10,16H2. The summed E-state index contributed by atoms with van der Waals surface area (Å²) in [5, 5.41) is 20.3. The van der Waals surface area contributed by atoms with Crippen molar-refractivity contribution in [3.63, 3.8) is 0 Å². The van der Waals surface area contributed by atoms with Crippen LogP contribution >= 0.6 is 11.6 Å². The number of benzene rings is 2. The molecule has 170 valence electrons. The summed E-state index contributed by atoms with van der Waals surface area (Å²) in [6.45, 7) is 5.41. The number of rotatable bonds is 4. The largest absolute Gasteiger partial charge is 0.504 e. The predicted octanol–water partition coefficient (Wildman–Crippen LogP) is 5.58. The number of hydrogen-bond donors (Lipinski definition) is 1. The summed E-state index contributed by atoms with van der Waals surface area (Å²) in [5.74, 6) is -0.621. The van der Waals surface area contributed by atoms with Crippen LogP contribution in [0.5, 0.6) is 5.75 Å². The zero-order valence-corrected chi connectivity index (χ0v) is 19.2. The molecule has 5 rings (SSSR count). The van der Waals surface area contributed by atoms with Crippen molar-refractivity contribution in [3.05, 3.63) is 52.9 Å². The van der Waals surface area contributed by atoms with Gasteiger partial charge in [-0.25, -0.2) is 4.39 Å². The molecule has 1 aromatic heterocycles. The third kappa shape index (κ3) is 4.36. The molecule has 0 amide bonds. The molecule has 0 spiro atoms. The highest BCUT2D eigenvalue weighted by Crippen LogP contribution is 2.37. The van der Waals surface area contributed by atoms with Crippen molar-refractivity contribution >= 4 is 28.2 Å². The average molecular weight is 465 g/mol. The number of pyridine rings is 1. The summed E-state index contributed by atoms with van der Waals surface area (Å²) in [6, 6.07) is 10.8. The van der Waals surface area contributed by atoms with Gasteiger partial charge in [-0.15, -0.1) is 0 Å². The van der Waals surface area contributed by atoms with Crippen LogP contribution in [0, 0.1) is 23.1 Å². The van der Waals surface area contributed by atoms with Crippen LogP contribution in [0.3, 0.4) is 0 Å². The molecule has 0 unspecified atom stereocenters. The van der Waals surface area contributed by atoms with Gasteiger partial charge in [0.2, 0.25) is 0 Å². The number of fused-ring (bicyclic) bond motifs is 1. The number of phenols is 1. The number of halogens is 2. The van der Waals surface area contributed by atoms with Gasteiger partial charge < -0.3 is 14.9 Å². The molecular weight excluding hydrogens is 439 g/mol. The number of likely N-dealkylation sites (tertiary alicyclic amines) is 1. The van der Waals surface area contributed by atoms with Crippen molar-refractivity contribution < 1.29 is 9.50 Å². The summed E-state index contributed by atoms with van der Waals surface area (Å²) in [4.78, 5) is 9.36. The van der Waals surface area contributed by atoms with Gasteiger partial charge in [-0.05, 0) is 80.1 Å². The highest BCUT2D eigenvalue weighted by atomic mass is 35.5. The van der Waals surface area contributed by atoms with Crippen molar-refractivity contribution in [1.82, 2.24) is 9.88 Å². The Morgan fingerprint density at radius 1 is 1.09 bits per heavy atom. The Balaban J connectivity index is 1.47. The first-order chi connectivity index (χ1) is 16.0. The van der Waals surface area contributed by atoms with Crippen LogP contribution in [0.25, 0.3) is 22.0 Å². The van der Waals surface area contributed by atoms with Crippen LogP contribution < -0.4 is 4.90 Å². The molecule has 0 atom stereocenters. The van der Waals surface area contributed by atoms with E-state index in [9.17, 15) is 14.8 Å². The number of nitriles is 1. The molecule has 7 heteroatoms. The molecule has 0 bridgehead atoms. The van der Waals surface area contributed by atoms with Crippen LogP contribution in [-0.4, -0.2) is 47.7 Å². The molecule has 3 heterocycles. The quantitative estimate of drug-likeness (QED) is 0.545. The van der Waals surface area contributed by atoms with Gasteiger partial charge in [0, 0.05) is 31.2 Å². The molecule has 1 N–H and O–H groups in total. The van der Waals surface area contributed by atoms with Gasteiger partial charge >= 0.3 is 0 Å². The molecule has 3 aromatic rings. The average Bonchev–Trinajstić information content (AvgIpc) is 3.34. The van der Waals surface area contributed by atoms with Crippen molar-refractivity contribution in [2.45, 2.75) is 25.7 Å². The minimum absolute atomic E-state index is 0.0331. The van der Waals surface area contributed by atoms with Crippen LogP contribution in [0.4, 0.5) is 10.1 Å². The fourth-order valence-corrected chi connectivity index (χ4v) is 5.39. The highest BCUT2D eigenvalue weighted by molar-refractivity contribution is 6.32. The maximum absolute atomic E-state index is 14.1. The second-order valence-electron chi connectivity index (χ2n) is 9.09. The molecule has 2 saturated heterocycles. The van der Waals surface area contributed by atoms with Gasteiger partial charge in [0.05, 0.1) is 21.8 Å². The summed E-state index contributed by atoms with van der Waals surface area (Å²) < 4.78 is 14.1. The zero-order chi connectivity index (χ0) is 22.9. The van der Waals surface area contributed by atoms with Crippen molar-refractivity contribution in [2.24, 2.45) is 5.92 Å². The minimum atomic E-state index is -0.762. The monoisotopic (exact) mass is 464 g/mol. The second kappa shape index (κ2) is 9.17. The van der Waals surface area contributed by atoms with E-state index in [1.165, 1.54) is 38.5 Å². The lowest BCUT2D eigenvalue weighted by Gasteiger charge is -2.36. The molecule has 0 aliphatic carbocycles. The predicted molar refractivity (Wildman–Crippen MR) is 129 cm³/mol. The van der Waals surface area contributed by atoms with E-state index in [4.69, 9.17) is 11.6 Å². The fourth-order valence-electron chi connectivity index (χ4n) is 5.18. The fraction of sp³-hybridized carbons (Fsp3) is 0.385. The van der Waals surface area contributed by atoms with Gasteiger partial charge in [-0.3, -0.25) is 4.98 Å². The number of nitrogens with zero attached hydrogens (tertiary/aromatic N) is 4. The van der Waals surface area contributed by atoms with E-state index in [-0.39, 0.29) is 5.02 Å². The van der Waals surface area contributed by atoms with Gasteiger partial charge in [-0.2, -0.15) is 5.26 Å². The number of piperidine rings is 1. The molecule has 0 saturated carbocycles. The first-order valence-electron chi connectivity index (χ1n) is 11.5. The Labute approximate surface area is 198 Å². The maximum atomic E-state index is 14.1. The van der Waals surface area contributed by atoms with E-state index in [0.29, 0.717) is 17.0 Å². The first-order valence-corrected chi connectivity index (χ1v) is 11.9. The lowest BCUT2D eigenvalue weighted by atomic mass is 9.94. The lowest BCUT2D eigenvalue weighted by Crippen LogP contribution is -2.38. The summed E-state index contributed by atoms with van der Waals surface area (Å²) in [6.07, 6.45) is 6.47. The molecule has 2 fully saturated rings. The van der Waals surface area contributed by atoms with Crippen LogP contribution in [0.15, 0.2) is 36.5 Å². The Hall–Kier alpha value is -2.88. The highest BCUT2D eigenvalue weighted by Gasteiger charge is 2.25. The van der Waals surface area contributed by atoms with E-state index in [0.717, 1.165) is 48.1 Å². The van der Waals surface area contributed by atoms with Gasteiger partial charge in [0.25, 0.3) is 0 Å². The maximum Gasteiger partial charge on any atom is 0.170 e. The number of anilines is 1. The molecule has 33 heavy (non-hydrogen) atoms. The summed E-state index contributed by atoms with van der Waals surface area (Å²) >= 11 is 6.01. The van der Waals surface area contributed by atoms with Crippen molar-refractivity contribution in [2.75, 3.05) is 37.6 Å². The van der Waals surface area contributed by atoms with Crippen LogP contribution in [0.1, 0.15) is 31.2 Å². The van der Waals surface area contributed by atoms with E-state index in [2.05, 4.69) is 20.9 Å². The Morgan fingerprint density at radius 2 is 1.85 bits per heavy atom. The molecule has 5 nitrogen and oxygen atoms in total. The van der Waals surface area contributed by atoms with Gasteiger partial charge in [0.15, 0.2) is 11.6 Å². The number of hydrogen-bond acceptors (Lipinski definition) is 5. The van der Waals surface area contributed by atoms with E-state index < -0.39 is 11.6 Å². The van der Waals surface area contributed by atoms with E-state index >= 15 is 0 Å². The molecule has 2 aliphatic heterocycles. The zero-order valence-electron chi connectivity index (χ0n) is 18.4. The smallest absolute Gasteiger partial charge is 0.170 e. The molecule has 2 aliphatic rings. The Kier molecular flexibility index (Phi) is 6.09. The second-order valence-corrected chi connectivity index (χ2v) is 9.50. The molecule has 2 aromatic carbocycles. The SMILES string of the molecule is N#Cc1cnc2ccc(-c3cc(F)c(O)c(Cl)c3)cc2c1N1CCC(CN2CCCC2)CC1. The van der Waals surface area contributed by atoms with Gasteiger partial charge in [0.1, 0.15) is 6.07 Å². The summed E-state index contributed by atoms with van der Waals surface area (Å²) in [7, 11) is 0. The Morgan fingerprint density at radius 3 is 2.55 bits per heavy atom. The van der Waals surface area contributed by atoms with Crippen molar-refractivity contribution in [1.29, 1.82) is 5.26 Å². The third-order valence-corrected chi connectivity index (χ3v) is 7.24. The Bertz CT molecular complexity index is 1200. The minimum Gasteiger partial charge on any atom is -0.504 e. The number of aromatic nitrogens is 1. The molecule has 0 radical (unpaired) electrons. The number of aromatic hydroxyl groups is 1.